The maximum Gasteiger partial charge on any atom is 0.161 e. The molecule has 2 N–H and O–H groups in total. The molecule has 0 aromatic heterocycles. The summed E-state index contributed by atoms with van der Waals surface area (Å²) in [5.74, 6) is 1.64. The third-order valence-corrected chi connectivity index (χ3v) is 3.25. The smallest absolute Gasteiger partial charge is 0.161 e. The van der Waals surface area contributed by atoms with Gasteiger partial charge in [0.1, 0.15) is 13.2 Å². The van der Waals surface area contributed by atoms with Gasteiger partial charge in [0.25, 0.3) is 0 Å². The van der Waals surface area contributed by atoms with E-state index in [1.54, 1.807) is 0 Å². The van der Waals surface area contributed by atoms with Crippen LogP contribution < -0.4 is 15.2 Å². The van der Waals surface area contributed by atoms with Crippen LogP contribution in [-0.4, -0.2) is 13.2 Å². The van der Waals surface area contributed by atoms with Crippen LogP contribution >= 0.6 is 12.4 Å². The van der Waals surface area contributed by atoms with E-state index in [0.717, 1.165) is 28.2 Å². The maximum atomic E-state index is 5.73. The highest BCUT2D eigenvalue weighted by atomic mass is 35.5. The summed E-state index contributed by atoms with van der Waals surface area (Å²) in [6.07, 6.45) is 0. The Bertz CT molecular complexity index is 613. The molecule has 0 amide bonds. The van der Waals surface area contributed by atoms with Crippen molar-refractivity contribution >= 4 is 12.4 Å². The maximum absolute atomic E-state index is 5.73. The van der Waals surface area contributed by atoms with Gasteiger partial charge >= 0.3 is 0 Å². The van der Waals surface area contributed by atoms with Crippen molar-refractivity contribution in [3.8, 4) is 22.6 Å². The highest BCUT2D eigenvalue weighted by molar-refractivity contribution is 5.85. The predicted molar refractivity (Wildman–Crippen MR) is 82.7 cm³/mol. The van der Waals surface area contributed by atoms with Crippen molar-refractivity contribution in [2.75, 3.05) is 13.2 Å². The lowest BCUT2D eigenvalue weighted by Crippen LogP contribution is -2.15. The zero-order valence-corrected chi connectivity index (χ0v) is 12.2. The minimum absolute atomic E-state index is 0. The molecule has 2 aromatic carbocycles. The molecule has 0 fully saturated rings. The van der Waals surface area contributed by atoms with Gasteiger partial charge in [0, 0.05) is 6.54 Å². The van der Waals surface area contributed by atoms with Gasteiger partial charge < -0.3 is 15.2 Å². The summed E-state index contributed by atoms with van der Waals surface area (Å²) in [7, 11) is 0. The van der Waals surface area contributed by atoms with Gasteiger partial charge in [-0.1, -0.05) is 23.8 Å². The van der Waals surface area contributed by atoms with Crippen molar-refractivity contribution in [2.24, 2.45) is 5.73 Å². The number of ether oxygens (including phenoxy) is 2. The molecule has 0 bridgehead atoms. The molecule has 0 atom stereocenters. The highest BCUT2D eigenvalue weighted by Crippen LogP contribution is 2.34. The summed E-state index contributed by atoms with van der Waals surface area (Å²) in [6.45, 7) is 3.87. The molecule has 2 aromatic rings. The van der Waals surface area contributed by atoms with Gasteiger partial charge in [-0.3, -0.25) is 0 Å². The van der Waals surface area contributed by atoms with Gasteiger partial charge in [-0.25, -0.2) is 0 Å². The molecule has 20 heavy (non-hydrogen) atoms. The van der Waals surface area contributed by atoms with E-state index < -0.39 is 0 Å². The number of benzene rings is 2. The first kappa shape index (κ1) is 14.7. The average Bonchev–Trinajstić information content (AvgIpc) is 2.46. The van der Waals surface area contributed by atoms with Crippen LogP contribution in [0.25, 0.3) is 11.1 Å². The van der Waals surface area contributed by atoms with E-state index in [9.17, 15) is 0 Å². The molecule has 0 unspecified atom stereocenters. The first-order valence-corrected chi connectivity index (χ1v) is 6.47. The van der Waals surface area contributed by atoms with Gasteiger partial charge in [-0.2, -0.15) is 0 Å². The Morgan fingerprint density at radius 2 is 1.70 bits per heavy atom. The Labute approximate surface area is 125 Å². The lowest BCUT2D eigenvalue weighted by Gasteiger charge is -2.19. The van der Waals surface area contributed by atoms with Crippen molar-refractivity contribution in [3.05, 3.63) is 47.5 Å². The molecule has 1 aliphatic rings. The van der Waals surface area contributed by atoms with Crippen molar-refractivity contribution in [1.29, 1.82) is 0 Å². The van der Waals surface area contributed by atoms with E-state index in [2.05, 4.69) is 31.2 Å². The molecule has 1 heterocycles. The fraction of sp³-hybridized carbons (Fsp3) is 0.250. The zero-order chi connectivity index (χ0) is 13.2. The molecular formula is C16H18ClNO2. The van der Waals surface area contributed by atoms with Gasteiger partial charge in [0.15, 0.2) is 11.5 Å². The van der Waals surface area contributed by atoms with Gasteiger partial charge in [0.05, 0.1) is 0 Å². The van der Waals surface area contributed by atoms with E-state index in [4.69, 9.17) is 15.2 Å². The zero-order valence-electron chi connectivity index (χ0n) is 11.4. The summed E-state index contributed by atoms with van der Waals surface area (Å²) in [5, 5.41) is 0. The quantitative estimate of drug-likeness (QED) is 0.923. The third-order valence-electron chi connectivity index (χ3n) is 3.25. The molecule has 4 heteroatoms. The van der Waals surface area contributed by atoms with Crippen LogP contribution in [0.5, 0.6) is 11.5 Å². The topological polar surface area (TPSA) is 44.5 Å². The standard InChI is InChI=1S/C16H17NO2.ClH/c1-11-6-12(10-17)8-14(7-11)13-2-3-15-16(9-13)19-5-4-18-15;/h2-3,6-9H,4-5,10,17H2,1H3;1H. The van der Waals surface area contributed by atoms with Crippen LogP contribution in [0.3, 0.4) is 0 Å². The number of fused-ring (bicyclic) bond motifs is 1. The second-order valence-electron chi connectivity index (χ2n) is 4.77. The minimum Gasteiger partial charge on any atom is -0.486 e. The summed E-state index contributed by atoms with van der Waals surface area (Å²) in [5.41, 5.74) is 10.4. The molecule has 0 saturated heterocycles. The lowest BCUT2D eigenvalue weighted by molar-refractivity contribution is 0.171. The highest BCUT2D eigenvalue weighted by Gasteiger charge is 2.12. The second kappa shape index (κ2) is 6.16. The Kier molecular flexibility index (Phi) is 4.53. The summed E-state index contributed by atoms with van der Waals surface area (Å²) in [4.78, 5) is 0. The summed E-state index contributed by atoms with van der Waals surface area (Å²) < 4.78 is 11.2. The van der Waals surface area contributed by atoms with Crippen molar-refractivity contribution < 1.29 is 9.47 Å². The Morgan fingerprint density at radius 1 is 0.950 bits per heavy atom. The SMILES string of the molecule is Cc1cc(CN)cc(-c2ccc3c(c2)OCCO3)c1.Cl. The van der Waals surface area contributed by atoms with Crippen molar-refractivity contribution in [1.82, 2.24) is 0 Å². The Hall–Kier alpha value is -1.71. The normalized spacial score (nSPS) is 12.7. The van der Waals surface area contributed by atoms with Crippen molar-refractivity contribution in [3.63, 3.8) is 0 Å². The first-order valence-electron chi connectivity index (χ1n) is 6.47. The van der Waals surface area contributed by atoms with E-state index >= 15 is 0 Å². The van der Waals surface area contributed by atoms with Gasteiger partial charge in [0.2, 0.25) is 0 Å². The van der Waals surface area contributed by atoms with Crippen LogP contribution in [-0.2, 0) is 6.54 Å². The molecule has 0 aliphatic carbocycles. The largest absolute Gasteiger partial charge is 0.486 e. The van der Waals surface area contributed by atoms with Crippen LogP contribution in [0.2, 0.25) is 0 Å². The lowest BCUT2D eigenvalue weighted by atomic mass is 10.00. The molecular weight excluding hydrogens is 274 g/mol. The second-order valence-corrected chi connectivity index (χ2v) is 4.77. The Morgan fingerprint density at radius 3 is 2.45 bits per heavy atom. The number of hydrogen-bond acceptors (Lipinski definition) is 3. The molecule has 0 saturated carbocycles. The fourth-order valence-corrected chi connectivity index (χ4v) is 2.37. The molecule has 106 valence electrons. The monoisotopic (exact) mass is 291 g/mol. The van der Waals surface area contributed by atoms with Crippen LogP contribution in [0.15, 0.2) is 36.4 Å². The number of nitrogens with two attached hydrogens (primary N) is 1. The van der Waals surface area contributed by atoms with E-state index in [-0.39, 0.29) is 12.4 Å². The molecule has 0 radical (unpaired) electrons. The summed E-state index contributed by atoms with van der Waals surface area (Å²) in [6, 6.07) is 12.4. The van der Waals surface area contributed by atoms with E-state index in [1.165, 1.54) is 5.56 Å². The van der Waals surface area contributed by atoms with Crippen molar-refractivity contribution in [2.45, 2.75) is 13.5 Å². The first-order chi connectivity index (χ1) is 9.26. The number of aryl methyl sites for hydroxylation is 1. The van der Waals surface area contributed by atoms with E-state index in [0.29, 0.717) is 19.8 Å². The van der Waals surface area contributed by atoms with Gasteiger partial charge in [-0.05, 0) is 41.8 Å². The molecule has 1 aliphatic heterocycles. The number of rotatable bonds is 2. The minimum atomic E-state index is 0. The molecule has 3 nitrogen and oxygen atoms in total. The van der Waals surface area contributed by atoms with Crippen LogP contribution in [0, 0.1) is 6.92 Å². The van der Waals surface area contributed by atoms with Crippen LogP contribution in [0.4, 0.5) is 0 Å². The van der Waals surface area contributed by atoms with E-state index in [1.807, 2.05) is 12.1 Å². The Balaban J connectivity index is 0.00000147. The van der Waals surface area contributed by atoms with Gasteiger partial charge in [-0.15, -0.1) is 12.4 Å². The van der Waals surface area contributed by atoms with Crippen LogP contribution in [0.1, 0.15) is 11.1 Å². The molecule has 3 rings (SSSR count). The fourth-order valence-electron chi connectivity index (χ4n) is 2.37. The number of halogens is 1. The molecule has 0 spiro atoms. The predicted octanol–water partition coefficient (Wildman–Crippen LogP) is 3.31. The number of hydrogen-bond donors (Lipinski definition) is 1. The average molecular weight is 292 g/mol. The summed E-state index contributed by atoms with van der Waals surface area (Å²) >= 11 is 0. The third kappa shape index (κ3) is 2.89.